The van der Waals surface area contributed by atoms with Gasteiger partial charge >= 0.3 is 5.97 Å². The second-order valence-electron chi connectivity index (χ2n) is 5.61. The average molecular weight is 371 g/mol. The van der Waals surface area contributed by atoms with Crippen LogP contribution in [0.3, 0.4) is 0 Å². The Morgan fingerprint density at radius 2 is 1.81 bits per heavy atom. The van der Waals surface area contributed by atoms with Gasteiger partial charge in [-0.1, -0.05) is 18.2 Å². The molecule has 27 heavy (non-hydrogen) atoms. The monoisotopic (exact) mass is 371 g/mol. The molecular formula is C19H17NO7. The molecule has 0 radical (unpaired) electrons. The van der Waals surface area contributed by atoms with Crippen molar-refractivity contribution in [2.75, 3.05) is 0 Å². The number of ether oxygens (including phenoxy) is 1. The van der Waals surface area contributed by atoms with Gasteiger partial charge in [-0.15, -0.1) is 0 Å². The van der Waals surface area contributed by atoms with Gasteiger partial charge in [-0.25, -0.2) is 0 Å². The Hall–Kier alpha value is -3.68. The number of amides is 1. The molecule has 8 heteroatoms. The first-order valence-corrected chi connectivity index (χ1v) is 7.91. The first-order valence-electron chi connectivity index (χ1n) is 7.91. The molecule has 0 aliphatic carbocycles. The molecule has 2 rings (SSSR count). The van der Waals surface area contributed by atoms with Crippen molar-refractivity contribution in [2.24, 2.45) is 0 Å². The van der Waals surface area contributed by atoms with Crippen LogP contribution in [0.1, 0.15) is 32.7 Å². The van der Waals surface area contributed by atoms with Gasteiger partial charge in [0.15, 0.2) is 6.29 Å². The molecular weight excluding hydrogens is 354 g/mol. The normalized spacial score (nSPS) is 11.3. The summed E-state index contributed by atoms with van der Waals surface area (Å²) in [5.74, 6) is -1.71. The first kappa shape index (κ1) is 19.6. The minimum absolute atomic E-state index is 0.0480. The van der Waals surface area contributed by atoms with E-state index in [2.05, 4.69) is 5.32 Å². The molecule has 0 saturated heterocycles. The number of hydrogen-bond acceptors (Lipinski definition) is 6. The molecule has 1 atom stereocenters. The zero-order valence-corrected chi connectivity index (χ0v) is 14.1. The lowest BCUT2D eigenvalue weighted by Crippen LogP contribution is -2.37. The summed E-state index contributed by atoms with van der Waals surface area (Å²) in [5, 5.41) is 20.6. The van der Waals surface area contributed by atoms with Crippen molar-refractivity contribution in [3.63, 3.8) is 0 Å². The summed E-state index contributed by atoms with van der Waals surface area (Å²) in [6, 6.07) is 9.60. The summed E-state index contributed by atoms with van der Waals surface area (Å²) in [7, 11) is 0. The minimum atomic E-state index is -1.19. The van der Waals surface area contributed by atoms with Crippen molar-refractivity contribution in [1.29, 1.82) is 0 Å². The van der Waals surface area contributed by atoms with Crippen LogP contribution in [-0.4, -0.2) is 40.7 Å². The third-order valence-electron chi connectivity index (χ3n) is 3.65. The number of carbonyl (C=O) groups is 4. The number of aliphatic carboxylic acids is 1. The second kappa shape index (κ2) is 9.14. The van der Waals surface area contributed by atoms with Crippen LogP contribution in [0.5, 0.6) is 11.5 Å². The van der Waals surface area contributed by atoms with Gasteiger partial charge in [-0.2, -0.15) is 0 Å². The fourth-order valence-corrected chi connectivity index (χ4v) is 2.26. The van der Waals surface area contributed by atoms with E-state index in [-0.39, 0.29) is 29.2 Å². The lowest BCUT2D eigenvalue weighted by Gasteiger charge is -2.12. The fourth-order valence-electron chi connectivity index (χ4n) is 2.26. The number of carboxylic acid groups (broad SMARTS) is 1. The van der Waals surface area contributed by atoms with Gasteiger partial charge in [-0.05, 0) is 29.8 Å². The average Bonchev–Trinajstić information content (AvgIpc) is 2.65. The molecule has 2 aromatic carbocycles. The van der Waals surface area contributed by atoms with Gasteiger partial charge in [0.25, 0.3) is 5.91 Å². The van der Waals surface area contributed by atoms with Crippen molar-refractivity contribution in [2.45, 2.75) is 19.1 Å². The fraction of sp³-hybridized carbons (Fsp3) is 0.158. The Balaban J connectivity index is 2.00. The highest BCUT2D eigenvalue weighted by Crippen LogP contribution is 2.26. The largest absolute Gasteiger partial charge is 0.507 e. The molecule has 8 nitrogen and oxygen atoms in total. The molecule has 140 valence electrons. The van der Waals surface area contributed by atoms with Crippen molar-refractivity contribution < 1.29 is 34.1 Å². The Morgan fingerprint density at radius 1 is 1.11 bits per heavy atom. The van der Waals surface area contributed by atoms with E-state index in [1.165, 1.54) is 18.2 Å². The Labute approximate surface area is 154 Å². The van der Waals surface area contributed by atoms with E-state index in [0.717, 1.165) is 0 Å². The van der Waals surface area contributed by atoms with E-state index in [0.29, 0.717) is 18.1 Å². The van der Waals surface area contributed by atoms with E-state index in [1.807, 2.05) is 0 Å². The number of carboxylic acids is 1. The molecule has 2 aromatic rings. The van der Waals surface area contributed by atoms with E-state index in [9.17, 15) is 24.3 Å². The number of nitrogens with one attached hydrogen (secondary N) is 1. The SMILES string of the molecule is O=Cc1c(O)cccc1OCc1ccc(C(=O)N[C@H](C=O)CC(=O)O)cc1. The molecule has 0 unspecified atom stereocenters. The Morgan fingerprint density at radius 3 is 2.41 bits per heavy atom. The number of phenols is 1. The highest BCUT2D eigenvalue weighted by molar-refractivity contribution is 5.96. The number of hydrogen-bond donors (Lipinski definition) is 3. The number of rotatable bonds is 9. The lowest BCUT2D eigenvalue weighted by molar-refractivity contribution is -0.138. The van der Waals surface area contributed by atoms with Crippen molar-refractivity contribution in [3.8, 4) is 11.5 Å². The van der Waals surface area contributed by atoms with Gasteiger partial charge in [0.1, 0.15) is 24.4 Å². The van der Waals surface area contributed by atoms with Crippen LogP contribution in [0.25, 0.3) is 0 Å². The quantitative estimate of drug-likeness (QED) is 0.570. The molecule has 0 spiro atoms. The number of benzene rings is 2. The van der Waals surface area contributed by atoms with Crippen molar-refractivity contribution in [3.05, 3.63) is 59.2 Å². The maximum absolute atomic E-state index is 12.0. The maximum atomic E-state index is 12.0. The predicted octanol–water partition coefficient (Wildman–Crippen LogP) is 1.56. The smallest absolute Gasteiger partial charge is 0.305 e. The molecule has 0 heterocycles. The molecule has 0 aromatic heterocycles. The molecule has 0 aliphatic heterocycles. The van der Waals surface area contributed by atoms with Gasteiger partial charge < -0.3 is 25.1 Å². The summed E-state index contributed by atoms with van der Waals surface area (Å²) in [6.45, 7) is 0.0994. The van der Waals surface area contributed by atoms with Crippen LogP contribution >= 0.6 is 0 Å². The van der Waals surface area contributed by atoms with Crippen molar-refractivity contribution >= 4 is 24.4 Å². The van der Waals surface area contributed by atoms with Crippen LogP contribution in [0, 0.1) is 0 Å². The second-order valence-corrected chi connectivity index (χ2v) is 5.61. The van der Waals surface area contributed by atoms with Gasteiger partial charge in [-0.3, -0.25) is 14.4 Å². The Kier molecular flexibility index (Phi) is 6.65. The molecule has 0 fully saturated rings. The van der Waals surface area contributed by atoms with Crippen molar-refractivity contribution in [1.82, 2.24) is 5.32 Å². The number of carbonyl (C=O) groups excluding carboxylic acids is 3. The van der Waals surface area contributed by atoms with Gasteiger partial charge in [0.05, 0.1) is 18.0 Å². The predicted molar refractivity (Wildman–Crippen MR) is 93.8 cm³/mol. The first-order chi connectivity index (χ1) is 12.9. The zero-order chi connectivity index (χ0) is 19.8. The van der Waals surface area contributed by atoms with E-state index in [4.69, 9.17) is 9.84 Å². The van der Waals surface area contributed by atoms with Crippen LogP contribution in [0.15, 0.2) is 42.5 Å². The molecule has 3 N–H and O–H groups in total. The zero-order valence-electron chi connectivity index (χ0n) is 14.1. The third kappa shape index (κ3) is 5.40. The maximum Gasteiger partial charge on any atom is 0.305 e. The number of aromatic hydroxyl groups is 1. The molecule has 0 aliphatic rings. The molecule has 1 amide bonds. The van der Waals surface area contributed by atoms with E-state index >= 15 is 0 Å². The Bertz CT molecular complexity index is 846. The standard InChI is InChI=1S/C19H17NO7/c21-9-14(8-18(24)25)20-19(26)13-6-4-12(5-7-13)11-27-17-3-1-2-16(23)15(17)10-22/h1-7,9-10,14,23H,8,11H2,(H,20,26)(H,24,25)/t14-/m0/s1. The van der Waals surface area contributed by atoms with Gasteiger partial charge in [0.2, 0.25) is 0 Å². The minimum Gasteiger partial charge on any atom is -0.507 e. The van der Waals surface area contributed by atoms with E-state index in [1.54, 1.807) is 24.3 Å². The van der Waals surface area contributed by atoms with Crippen LogP contribution < -0.4 is 10.1 Å². The summed E-state index contributed by atoms with van der Waals surface area (Å²) in [4.78, 5) is 44.5. The summed E-state index contributed by atoms with van der Waals surface area (Å²) >= 11 is 0. The molecule has 0 saturated carbocycles. The van der Waals surface area contributed by atoms with E-state index < -0.39 is 24.3 Å². The van der Waals surface area contributed by atoms with Crippen LogP contribution in [0.4, 0.5) is 0 Å². The summed E-state index contributed by atoms with van der Waals surface area (Å²) in [5.41, 5.74) is 0.998. The number of phenolic OH excluding ortho intramolecular Hbond substituents is 1. The summed E-state index contributed by atoms with van der Waals surface area (Å²) in [6.07, 6.45) is 0.372. The lowest BCUT2D eigenvalue weighted by atomic mass is 10.1. The molecule has 0 bridgehead atoms. The van der Waals surface area contributed by atoms with Crippen LogP contribution in [-0.2, 0) is 16.2 Å². The summed E-state index contributed by atoms with van der Waals surface area (Å²) < 4.78 is 5.52. The van der Waals surface area contributed by atoms with Gasteiger partial charge in [0, 0.05) is 5.56 Å². The van der Waals surface area contributed by atoms with Crippen LogP contribution in [0.2, 0.25) is 0 Å². The number of aldehydes is 2. The third-order valence-corrected chi connectivity index (χ3v) is 3.65. The topological polar surface area (TPSA) is 130 Å². The highest BCUT2D eigenvalue weighted by Gasteiger charge is 2.16. The highest BCUT2D eigenvalue weighted by atomic mass is 16.5.